The van der Waals surface area contributed by atoms with E-state index in [1.165, 1.54) is 12.0 Å². The van der Waals surface area contributed by atoms with Crippen LogP contribution < -0.4 is 0 Å². The fourth-order valence-corrected chi connectivity index (χ4v) is 0.842. The molecule has 0 spiro atoms. The molecule has 0 saturated heterocycles. The molecule has 1 nitrogen and oxygen atoms in total. The highest BCUT2D eigenvalue weighted by atomic mass is 14.6. The van der Waals surface area contributed by atoms with Gasteiger partial charge in [-0.1, -0.05) is 13.8 Å². The monoisotopic (exact) mass is 134 g/mol. The van der Waals surface area contributed by atoms with Crippen molar-refractivity contribution in [2.24, 2.45) is 0 Å². The normalized spacial score (nSPS) is 13.0. The van der Waals surface area contributed by atoms with Crippen molar-refractivity contribution in [3.8, 4) is 0 Å². The predicted molar refractivity (Wildman–Crippen MR) is 41.8 cm³/mol. The molecule has 0 aromatic carbocycles. The van der Waals surface area contributed by atoms with Gasteiger partial charge in [0.2, 0.25) is 0 Å². The maximum atomic E-state index is 4.00. The third-order valence-corrected chi connectivity index (χ3v) is 1.80. The van der Waals surface area contributed by atoms with E-state index in [4.69, 9.17) is 0 Å². The topological polar surface area (TPSA) is 12.9 Å². The number of nitrogens with zero attached hydrogens (tertiary/aromatic N) is 1. The van der Waals surface area contributed by atoms with E-state index < -0.39 is 0 Å². The van der Waals surface area contributed by atoms with Gasteiger partial charge in [0.25, 0.3) is 0 Å². The Labute approximate surface area is 62.1 Å². The Morgan fingerprint density at radius 1 is 1.70 bits per heavy atom. The van der Waals surface area contributed by atoms with Crippen LogP contribution >= 0.6 is 0 Å². The van der Waals surface area contributed by atoms with Crippen LogP contribution in [-0.4, -0.2) is 4.98 Å². The average molecular weight is 134 g/mol. The lowest BCUT2D eigenvalue weighted by molar-refractivity contribution is 0.729. The molecule has 1 heterocycles. The predicted octanol–water partition coefficient (Wildman–Crippen LogP) is 2.40. The van der Waals surface area contributed by atoms with Gasteiger partial charge in [-0.15, -0.1) is 0 Å². The van der Waals surface area contributed by atoms with Crippen LogP contribution in [0.2, 0.25) is 0 Å². The lowest BCUT2D eigenvalue weighted by Gasteiger charge is -2.05. The molecule has 1 aromatic rings. The van der Waals surface area contributed by atoms with Crippen LogP contribution in [-0.2, 0) is 0 Å². The summed E-state index contributed by atoms with van der Waals surface area (Å²) in [5.41, 5.74) is 1.28. The van der Waals surface area contributed by atoms with Crippen molar-refractivity contribution >= 4 is 0 Å². The highest BCUT2D eigenvalue weighted by Crippen LogP contribution is 2.15. The summed E-state index contributed by atoms with van der Waals surface area (Å²) < 4.78 is 0. The average Bonchev–Trinajstić information content (AvgIpc) is 2.05. The second-order valence-electron chi connectivity index (χ2n) is 2.53. The number of pyridine rings is 1. The van der Waals surface area contributed by atoms with Gasteiger partial charge in [0.05, 0.1) is 0 Å². The van der Waals surface area contributed by atoms with E-state index in [2.05, 4.69) is 24.9 Å². The highest BCUT2D eigenvalue weighted by Gasteiger charge is 1.99. The van der Waals surface area contributed by atoms with Gasteiger partial charge in [0, 0.05) is 18.5 Å². The van der Waals surface area contributed by atoms with Crippen molar-refractivity contribution in [3.05, 3.63) is 30.1 Å². The molecule has 1 heteroatoms. The molecule has 0 aliphatic carbocycles. The number of hydrogen-bond donors (Lipinski definition) is 0. The van der Waals surface area contributed by atoms with Gasteiger partial charge < -0.3 is 0 Å². The van der Waals surface area contributed by atoms with Crippen LogP contribution in [0.1, 0.15) is 31.7 Å². The fraction of sp³-hybridized carbons (Fsp3) is 0.444. The molecule has 0 N–H and O–H groups in total. The molecular formula is C9H12N. The maximum absolute atomic E-state index is 4.00. The van der Waals surface area contributed by atoms with Gasteiger partial charge in [-0.25, -0.2) is 0 Å². The Kier molecular flexibility index (Phi) is 2.43. The van der Waals surface area contributed by atoms with Crippen molar-refractivity contribution in [1.29, 1.82) is 0 Å². The van der Waals surface area contributed by atoms with Gasteiger partial charge >= 0.3 is 0 Å². The highest BCUT2D eigenvalue weighted by molar-refractivity contribution is 5.12. The first-order valence-corrected chi connectivity index (χ1v) is 3.65. The standard InChI is InChI=1S/C9H12N/c1-3-8(2)9-5-4-6-10-7-9/h5-8H,3H2,1-2H3. The first-order valence-electron chi connectivity index (χ1n) is 3.65. The van der Waals surface area contributed by atoms with E-state index >= 15 is 0 Å². The molecule has 0 amide bonds. The van der Waals surface area contributed by atoms with Crippen LogP contribution in [0.25, 0.3) is 0 Å². The van der Waals surface area contributed by atoms with Crippen molar-refractivity contribution in [2.45, 2.75) is 26.2 Å². The summed E-state index contributed by atoms with van der Waals surface area (Å²) in [6.45, 7) is 4.38. The lowest BCUT2D eigenvalue weighted by atomic mass is 10.0. The Balaban J connectivity index is 2.75. The summed E-state index contributed by atoms with van der Waals surface area (Å²) in [4.78, 5) is 4.00. The van der Waals surface area contributed by atoms with E-state index in [0.717, 1.165) is 0 Å². The minimum absolute atomic E-state index is 0.616. The minimum atomic E-state index is 0.616. The molecular weight excluding hydrogens is 122 g/mol. The van der Waals surface area contributed by atoms with Crippen molar-refractivity contribution in [1.82, 2.24) is 4.98 Å². The molecule has 1 atom stereocenters. The van der Waals surface area contributed by atoms with Gasteiger partial charge in [-0.05, 0) is 24.0 Å². The molecule has 0 saturated carbocycles. The zero-order valence-electron chi connectivity index (χ0n) is 6.46. The molecule has 53 valence electrons. The zero-order valence-corrected chi connectivity index (χ0v) is 6.46. The largest absolute Gasteiger partial charge is 0.264 e. The summed E-state index contributed by atoms with van der Waals surface area (Å²) in [6, 6.07) is 4.97. The van der Waals surface area contributed by atoms with E-state index in [1.807, 2.05) is 12.3 Å². The van der Waals surface area contributed by atoms with Gasteiger partial charge in [-0.2, -0.15) is 0 Å². The molecule has 0 fully saturated rings. The second kappa shape index (κ2) is 3.35. The SMILES string of the molecule is CCC(C)c1c[c]cnc1. The first-order chi connectivity index (χ1) is 4.84. The first kappa shape index (κ1) is 7.26. The molecule has 1 rings (SSSR count). The molecule has 0 bridgehead atoms. The van der Waals surface area contributed by atoms with Gasteiger partial charge in [0.1, 0.15) is 0 Å². The third-order valence-electron chi connectivity index (χ3n) is 1.80. The van der Waals surface area contributed by atoms with Crippen LogP contribution in [0.4, 0.5) is 0 Å². The Morgan fingerprint density at radius 2 is 2.50 bits per heavy atom. The quantitative estimate of drug-likeness (QED) is 0.605. The maximum Gasteiger partial charge on any atom is 0.0347 e. The molecule has 1 unspecified atom stereocenters. The Morgan fingerprint density at radius 3 is 3.00 bits per heavy atom. The zero-order chi connectivity index (χ0) is 7.40. The summed E-state index contributed by atoms with van der Waals surface area (Å²) >= 11 is 0. The fourth-order valence-electron chi connectivity index (χ4n) is 0.842. The van der Waals surface area contributed by atoms with Crippen LogP contribution in [0, 0.1) is 6.07 Å². The van der Waals surface area contributed by atoms with E-state index in [1.54, 1.807) is 6.20 Å². The third kappa shape index (κ3) is 1.56. The molecule has 1 radical (unpaired) electrons. The minimum Gasteiger partial charge on any atom is -0.264 e. The van der Waals surface area contributed by atoms with E-state index in [-0.39, 0.29) is 0 Å². The summed E-state index contributed by atoms with van der Waals surface area (Å²) in [6.07, 6.45) is 4.76. The molecule has 1 aromatic heterocycles. The Bertz CT molecular complexity index is 181. The van der Waals surface area contributed by atoms with Crippen LogP contribution in [0.5, 0.6) is 0 Å². The number of aromatic nitrogens is 1. The Hall–Kier alpha value is -0.850. The van der Waals surface area contributed by atoms with Crippen LogP contribution in [0.3, 0.4) is 0 Å². The molecule has 0 aliphatic rings. The van der Waals surface area contributed by atoms with E-state index in [9.17, 15) is 0 Å². The number of hydrogen-bond acceptors (Lipinski definition) is 1. The second-order valence-corrected chi connectivity index (χ2v) is 2.53. The summed E-state index contributed by atoms with van der Waals surface area (Å²) in [5, 5.41) is 0. The van der Waals surface area contributed by atoms with Crippen molar-refractivity contribution in [2.75, 3.05) is 0 Å². The van der Waals surface area contributed by atoms with Gasteiger partial charge in [-0.3, -0.25) is 4.98 Å². The van der Waals surface area contributed by atoms with E-state index in [0.29, 0.717) is 5.92 Å². The van der Waals surface area contributed by atoms with Gasteiger partial charge in [0.15, 0.2) is 0 Å². The summed E-state index contributed by atoms with van der Waals surface area (Å²) in [5.74, 6) is 0.616. The summed E-state index contributed by atoms with van der Waals surface area (Å²) in [7, 11) is 0. The molecule has 10 heavy (non-hydrogen) atoms. The van der Waals surface area contributed by atoms with Crippen molar-refractivity contribution in [3.63, 3.8) is 0 Å². The smallest absolute Gasteiger partial charge is 0.0347 e. The van der Waals surface area contributed by atoms with Crippen LogP contribution in [0.15, 0.2) is 18.5 Å². The number of rotatable bonds is 2. The molecule has 0 aliphatic heterocycles. The van der Waals surface area contributed by atoms with Crippen molar-refractivity contribution < 1.29 is 0 Å². The lowest BCUT2D eigenvalue weighted by Crippen LogP contribution is -1.90.